The molecule has 1 aliphatic heterocycles. The topological polar surface area (TPSA) is 40.5 Å². The number of thiophene rings is 1. The van der Waals surface area contributed by atoms with E-state index in [1.54, 1.807) is 11.3 Å². The molecule has 2 rings (SSSR count). The van der Waals surface area contributed by atoms with E-state index in [4.69, 9.17) is 0 Å². The fraction of sp³-hybridized carbons (Fsp3) is 0.643. The standard InChI is InChI=1S/C14H21NO2S/c1-10-4-9-18-12(10)11(2)15-7-5-14(3,6-8-15)13(16)17/h4,9,11H,5-8H2,1-3H3,(H,16,17). The highest BCUT2D eigenvalue weighted by molar-refractivity contribution is 7.10. The summed E-state index contributed by atoms with van der Waals surface area (Å²) in [5.74, 6) is -0.651. The molecule has 1 aliphatic rings. The highest BCUT2D eigenvalue weighted by atomic mass is 32.1. The summed E-state index contributed by atoms with van der Waals surface area (Å²) in [6.45, 7) is 7.99. The Kier molecular flexibility index (Phi) is 3.78. The van der Waals surface area contributed by atoms with Crippen molar-refractivity contribution in [3.63, 3.8) is 0 Å². The molecule has 1 saturated heterocycles. The Balaban J connectivity index is 2.02. The molecule has 1 N–H and O–H groups in total. The number of carbonyl (C=O) groups is 1. The van der Waals surface area contributed by atoms with Gasteiger partial charge in [0.05, 0.1) is 5.41 Å². The SMILES string of the molecule is Cc1ccsc1C(C)N1CCC(C)(C(=O)O)CC1. The summed E-state index contributed by atoms with van der Waals surface area (Å²) < 4.78 is 0. The van der Waals surface area contributed by atoms with E-state index >= 15 is 0 Å². The first-order valence-corrected chi connectivity index (χ1v) is 7.33. The molecule has 1 aromatic heterocycles. The maximum Gasteiger partial charge on any atom is 0.309 e. The van der Waals surface area contributed by atoms with Gasteiger partial charge in [-0.05, 0) is 63.7 Å². The van der Waals surface area contributed by atoms with Crippen molar-refractivity contribution in [2.75, 3.05) is 13.1 Å². The summed E-state index contributed by atoms with van der Waals surface area (Å²) in [5.41, 5.74) is 0.819. The highest BCUT2D eigenvalue weighted by Crippen LogP contribution is 2.36. The van der Waals surface area contributed by atoms with Crippen molar-refractivity contribution in [3.8, 4) is 0 Å². The van der Waals surface area contributed by atoms with E-state index in [0.29, 0.717) is 6.04 Å². The van der Waals surface area contributed by atoms with Crippen LogP contribution in [0.1, 0.15) is 43.2 Å². The number of aliphatic carboxylic acids is 1. The summed E-state index contributed by atoms with van der Waals surface area (Å²) in [5, 5.41) is 11.4. The van der Waals surface area contributed by atoms with Crippen LogP contribution < -0.4 is 0 Å². The third-order valence-corrected chi connectivity index (χ3v) is 5.44. The van der Waals surface area contributed by atoms with Crippen molar-refractivity contribution < 1.29 is 9.90 Å². The maximum absolute atomic E-state index is 11.2. The van der Waals surface area contributed by atoms with Crippen LogP contribution in [0.4, 0.5) is 0 Å². The minimum absolute atomic E-state index is 0.406. The molecule has 2 heterocycles. The summed E-state index contributed by atoms with van der Waals surface area (Å²) in [7, 11) is 0. The molecule has 0 radical (unpaired) electrons. The largest absolute Gasteiger partial charge is 0.481 e. The Morgan fingerprint density at radius 2 is 2.11 bits per heavy atom. The zero-order valence-electron chi connectivity index (χ0n) is 11.3. The number of aryl methyl sites for hydroxylation is 1. The highest BCUT2D eigenvalue weighted by Gasteiger charge is 2.38. The van der Waals surface area contributed by atoms with E-state index in [1.807, 2.05) is 6.92 Å². The van der Waals surface area contributed by atoms with Crippen molar-refractivity contribution in [1.82, 2.24) is 4.90 Å². The van der Waals surface area contributed by atoms with Crippen molar-refractivity contribution in [1.29, 1.82) is 0 Å². The zero-order chi connectivity index (χ0) is 13.3. The molecule has 0 aliphatic carbocycles. The van der Waals surface area contributed by atoms with Gasteiger partial charge in [0.2, 0.25) is 0 Å². The summed E-state index contributed by atoms with van der Waals surface area (Å²) in [6, 6.07) is 2.56. The van der Waals surface area contributed by atoms with Crippen molar-refractivity contribution in [2.45, 2.75) is 39.7 Å². The Labute approximate surface area is 112 Å². The molecule has 0 saturated carbocycles. The number of carboxylic acid groups (broad SMARTS) is 1. The number of rotatable bonds is 3. The van der Waals surface area contributed by atoms with Gasteiger partial charge in [-0.2, -0.15) is 0 Å². The number of hydrogen-bond donors (Lipinski definition) is 1. The summed E-state index contributed by atoms with van der Waals surface area (Å²) >= 11 is 1.80. The third kappa shape index (κ3) is 2.45. The second-order valence-corrected chi connectivity index (χ2v) is 6.49. The molecular formula is C14H21NO2S. The Morgan fingerprint density at radius 3 is 2.56 bits per heavy atom. The average molecular weight is 267 g/mol. The van der Waals surface area contributed by atoms with Crippen molar-refractivity contribution in [2.24, 2.45) is 5.41 Å². The minimum Gasteiger partial charge on any atom is -0.481 e. The molecule has 1 aromatic rings. The lowest BCUT2D eigenvalue weighted by Crippen LogP contribution is -2.43. The lowest BCUT2D eigenvalue weighted by molar-refractivity contribution is -0.151. The van der Waals surface area contributed by atoms with Crippen LogP contribution in [-0.4, -0.2) is 29.1 Å². The molecule has 18 heavy (non-hydrogen) atoms. The number of carboxylic acids is 1. The fourth-order valence-electron chi connectivity index (χ4n) is 2.60. The van der Waals surface area contributed by atoms with Gasteiger partial charge in [0.15, 0.2) is 0 Å². The van der Waals surface area contributed by atoms with Gasteiger partial charge in [-0.15, -0.1) is 11.3 Å². The molecule has 3 nitrogen and oxygen atoms in total. The van der Waals surface area contributed by atoms with Gasteiger partial charge in [0.25, 0.3) is 0 Å². The van der Waals surface area contributed by atoms with Crippen LogP contribution in [0.5, 0.6) is 0 Å². The van der Waals surface area contributed by atoms with Gasteiger partial charge in [-0.25, -0.2) is 0 Å². The first-order valence-electron chi connectivity index (χ1n) is 6.45. The van der Waals surface area contributed by atoms with Gasteiger partial charge in [0.1, 0.15) is 0 Å². The minimum atomic E-state index is -0.651. The average Bonchev–Trinajstić information content (AvgIpc) is 2.75. The molecule has 1 unspecified atom stereocenters. The van der Waals surface area contributed by atoms with Gasteiger partial charge in [0, 0.05) is 10.9 Å². The second kappa shape index (κ2) is 5.02. The van der Waals surface area contributed by atoms with Crippen molar-refractivity contribution in [3.05, 3.63) is 21.9 Å². The predicted octanol–water partition coefficient (Wildman–Crippen LogP) is 3.30. The number of hydrogen-bond acceptors (Lipinski definition) is 3. The van der Waals surface area contributed by atoms with Gasteiger partial charge in [-0.3, -0.25) is 9.69 Å². The molecule has 0 bridgehead atoms. The van der Waals surface area contributed by atoms with Crippen LogP contribution in [0.25, 0.3) is 0 Å². The lowest BCUT2D eigenvalue weighted by atomic mass is 9.80. The van der Waals surface area contributed by atoms with Gasteiger partial charge in [-0.1, -0.05) is 0 Å². The van der Waals surface area contributed by atoms with Gasteiger partial charge >= 0.3 is 5.97 Å². The summed E-state index contributed by atoms with van der Waals surface area (Å²) in [4.78, 5) is 15.0. The maximum atomic E-state index is 11.2. The van der Waals surface area contributed by atoms with E-state index in [-0.39, 0.29) is 0 Å². The van der Waals surface area contributed by atoms with Crippen molar-refractivity contribution >= 4 is 17.3 Å². The van der Waals surface area contributed by atoms with Crippen LogP contribution in [0, 0.1) is 12.3 Å². The van der Waals surface area contributed by atoms with E-state index in [9.17, 15) is 9.90 Å². The Bertz CT molecular complexity index is 433. The molecule has 1 atom stereocenters. The van der Waals surface area contributed by atoms with Crippen LogP contribution in [0.2, 0.25) is 0 Å². The van der Waals surface area contributed by atoms with Gasteiger partial charge < -0.3 is 5.11 Å². The molecule has 0 aromatic carbocycles. The number of piperidine rings is 1. The molecule has 0 spiro atoms. The second-order valence-electron chi connectivity index (χ2n) is 5.55. The smallest absolute Gasteiger partial charge is 0.309 e. The van der Waals surface area contributed by atoms with Crippen LogP contribution in [0.3, 0.4) is 0 Å². The summed E-state index contributed by atoms with van der Waals surface area (Å²) in [6.07, 6.45) is 1.49. The third-order valence-electron chi connectivity index (χ3n) is 4.25. The predicted molar refractivity (Wildman–Crippen MR) is 74.0 cm³/mol. The zero-order valence-corrected chi connectivity index (χ0v) is 12.1. The Hall–Kier alpha value is -0.870. The normalized spacial score (nSPS) is 21.7. The van der Waals surface area contributed by atoms with E-state index < -0.39 is 11.4 Å². The quantitative estimate of drug-likeness (QED) is 0.913. The first kappa shape index (κ1) is 13.6. The molecule has 0 amide bonds. The van der Waals surface area contributed by atoms with E-state index in [2.05, 4.69) is 30.2 Å². The number of likely N-dealkylation sites (tertiary alicyclic amines) is 1. The number of nitrogens with zero attached hydrogens (tertiary/aromatic N) is 1. The molecule has 1 fully saturated rings. The first-order chi connectivity index (χ1) is 8.44. The fourth-order valence-corrected chi connectivity index (χ4v) is 3.62. The van der Waals surface area contributed by atoms with Crippen LogP contribution in [-0.2, 0) is 4.79 Å². The van der Waals surface area contributed by atoms with E-state index in [1.165, 1.54) is 10.4 Å². The molecule has 100 valence electrons. The molecule has 4 heteroatoms. The van der Waals surface area contributed by atoms with Crippen LogP contribution >= 0.6 is 11.3 Å². The van der Waals surface area contributed by atoms with E-state index in [0.717, 1.165) is 25.9 Å². The Morgan fingerprint density at radius 1 is 1.50 bits per heavy atom. The lowest BCUT2D eigenvalue weighted by Gasteiger charge is -2.39. The monoisotopic (exact) mass is 267 g/mol. The van der Waals surface area contributed by atoms with Crippen LogP contribution in [0.15, 0.2) is 11.4 Å². The molecular weight excluding hydrogens is 246 g/mol.